The second kappa shape index (κ2) is 4.82. The summed E-state index contributed by atoms with van der Waals surface area (Å²) in [5.74, 6) is -4.95. The molecular formula is C7H8F5NO4. The fraction of sp³-hybridized carbons (Fsp3) is 0.714. The van der Waals surface area contributed by atoms with Crippen molar-refractivity contribution in [2.75, 3.05) is 0 Å². The predicted molar refractivity (Wildman–Crippen MR) is 42.2 cm³/mol. The van der Waals surface area contributed by atoms with Gasteiger partial charge in [-0.15, -0.1) is 0 Å². The van der Waals surface area contributed by atoms with E-state index in [0.717, 1.165) is 5.32 Å². The van der Waals surface area contributed by atoms with Crippen LogP contribution < -0.4 is 5.32 Å². The van der Waals surface area contributed by atoms with Gasteiger partial charge in [-0.1, -0.05) is 0 Å². The SMILES string of the molecule is C[C@@](O)(C(F)F)[C@H](NC(=O)C(F)(F)F)C(=O)O. The number of hydrogen-bond acceptors (Lipinski definition) is 3. The molecule has 0 bridgehead atoms. The maximum atomic E-state index is 12.2. The third-order valence-corrected chi connectivity index (χ3v) is 1.81. The van der Waals surface area contributed by atoms with Crippen molar-refractivity contribution in [2.45, 2.75) is 31.2 Å². The average Bonchev–Trinajstić information content (AvgIpc) is 2.10. The van der Waals surface area contributed by atoms with Crippen molar-refractivity contribution >= 4 is 11.9 Å². The maximum absolute atomic E-state index is 12.2. The lowest BCUT2D eigenvalue weighted by atomic mass is 9.97. The fourth-order valence-electron chi connectivity index (χ4n) is 0.797. The van der Waals surface area contributed by atoms with E-state index in [9.17, 15) is 31.5 Å². The quantitative estimate of drug-likeness (QED) is 0.631. The summed E-state index contributed by atoms with van der Waals surface area (Å²) in [5, 5.41) is 18.2. The Hall–Kier alpha value is -1.45. The Morgan fingerprint density at radius 2 is 1.65 bits per heavy atom. The van der Waals surface area contributed by atoms with E-state index >= 15 is 0 Å². The van der Waals surface area contributed by atoms with Crippen molar-refractivity contribution < 1.29 is 41.8 Å². The lowest BCUT2D eigenvalue weighted by Gasteiger charge is -2.29. The van der Waals surface area contributed by atoms with Crippen LogP contribution in [-0.4, -0.2) is 46.3 Å². The van der Waals surface area contributed by atoms with Crippen LogP contribution >= 0.6 is 0 Å². The molecule has 0 rings (SSSR count). The monoisotopic (exact) mass is 265 g/mol. The Morgan fingerprint density at radius 3 is 1.88 bits per heavy atom. The topological polar surface area (TPSA) is 86.6 Å². The molecule has 100 valence electrons. The minimum absolute atomic E-state index is 0.299. The normalized spacial score (nSPS) is 17.4. The summed E-state index contributed by atoms with van der Waals surface area (Å²) in [4.78, 5) is 20.8. The Labute approximate surface area is 91.2 Å². The van der Waals surface area contributed by atoms with Crippen molar-refractivity contribution in [1.82, 2.24) is 5.32 Å². The van der Waals surface area contributed by atoms with Crippen LogP contribution in [-0.2, 0) is 9.59 Å². The highest BCUT2D eigenvalue weighted by Crippen LogP contribution is 2.22. The molecule has 0 heterocycles. The molecule has 0 radical (unpaired) electrons. The van der Waals surface area contributed by atoms with Gasteiger partial charge in [0, 0.05) is 0 Å². The van der Waals surface area contributed by atoms with Gasteiger partial charge in [-0.25, -0.2) is 13.6 Å². The minimum atomic E-state index is -5.44. The van der Waals surface area contributed by atoms with E-state index in [4.69, 9.17) is 10.2 Å². The molecule has 17 heavy (non-hydrogen) atoms. The molecular weight excluding hydrogens is 257 g/mol. The first-order chi connectivity index (χ1) is 7.40. The zero-order valence-corrected chi connectivity index (χ0v) is 8.26. The van der Waals surface area contributed by atoms with Gasteiger partial charge >= 0.3 is 18.1 Å². The molecule has 0 aliphatic carbocycles. The Bertz CT molecular complexity index is 314. The second-order valence-corrected chi connectivity index (χ2v) is 3.27. The molecule has 3 N–H and O–H groups in total. The maximum Gasteiger partial charge on any atom is 0.471 e. The van der Waals surface area contributed by atoms with Crippen LogP contribution in [0, 0.1) is 0 Å². The number of aliphatic carboxylic acids is 1. The van der Waals surface area contributed by atoms with E-state index in [-0.39, 0.29) is 0 Å². The molecule has 0 aliphatic rings. The van der Waals surface area contributed by atoms with Gasteiger partial charge in [0.1, 0.15) is 0 Å². The van der Waals surface area contributed by atoms with Crippen LogP contribution in [0.5, 0.6) is 0 Å². The highest BCUT2D eigenvalue weighted by molar-refractivity contribution is 5.87. The van der Waals surface area contributed by atoms with Gasteiger partial charge in [-0.3, -0.25) is 4.79 Å². The lowest BCUT2D eigenvalue weighted by Crippen LogP contribution is -2.60. The van der Waals surface area contributed by atoms with Crippen LogP contribution in [0.15, 0.2) is 0 Å². The molecule has 0 aliphatic heterocycles. The van der Waals surface area contributed by atoms with Crippen LogP contribution in [0.2, 0.25) is 0 Å². The molecule has 5 nitrogen and oxygen atoms in total. The summed E-state index contributed by atoms with van der Waals surface area (Å²) in [5.41, 5.74) is -3.33. The third kappa shape index (κ3) is 3.80. The Morgan fingerprint density at radius 1 is 1.24 bits per heavy atom. The Balaban J connectivity index is 5.04. The number of rotatable bonds is 4. The molecule has 0 spiro atoms. The number of amides is 1. The Kier molecular flexibility index (Phi) is 4.41. The standard InChI is InChI=1S/C7H8F5NO4/c1-6(17,4(8)9)2(3(14)15)13-5(16)7(10,11)12/h2,4,17H,1H3,(H,13,16)(H,14,15)/t2-,6+/m1/s1. The molecule has 10 heteroatoms. The van der Waals surface area contributed by atoms with Crippen LogP contribution in [0.1, 0.15) is 6.92 Å². The molecule has 0 unspecified atom stereocenters. The van der Waals surface area contributed by atoms with Gasteiger partial charge in [0.25, 0.3) is 6.43 Å². The van der Waals surface area contributed by atoms with Crippen molar-refractivity contribution in [3.63, 3.8) is 0 Å². The number of carboxylic acid groups (broad SMARTS) is 1. The minimum Gasteiger partial charge on any atom is -0.480 e. The number of carbonyl (C=O) groups excluding carboxylic acids is 1. The summed E-state index contributed by atoms with van der Waals surface area (Å²) in [6.07, 6.45) is -9.09. The summed E-state index contributed by atoms with van der Waals surface area (Å²) in [6, 6.07) is -2.78. The number of aliphatic hydroxyl groups is 1. The molecule has 0 aromatic carbocycles. The number of alkyl halides is 5. The number of halogens is 5. The van der Waals surface area contributed by atoms with Gasteiger partial charge < -0.3 is 15.5 Å². The fourth-order valence-corrected chi connectivity index (χ4v) is 0.797. The van der Waals surface area contributed by atoms with Gasteiger partial charge in [0.15, 0.2) is 11.6 Å². The van der Waals surface area contributed by atoms with Crippen molar-refractivity contribution in [3.8, 4) is 0 Å². The van der Waals surface area contributed by atoms with Crippen molar-refractivity contribution in [3.05, 3.63) is 0 Å². The zero-order valence-electron chi connectivity index (χ0n) is 8.26. The van der Waals surface area contributed by atoms with E-state index < -0.39 is 36.1 Å². The van der Waals surface area contributed by atoms with Gasteiger partial charge in [-0.05, 0) is 6.92 Å². The number of carboxylic acids is 1. The molecule has 0 saturated heterocycles. The van der Waals surface area contributed by atoms with E-state index in [1.807, 2.05) is 0 Å². The number of hydrogen-bond donors (Lipinski definition) is 3. The lowest BCUT2D eigenvalue weighted by molar-refractivity contribution is -0.182. The molecule has 1 amide bonds. The smallest absolute Gasteiger partial charge is 0.471 e. The molecule has 2 atom stereocenters. The molecule has 0 aromatic rings. The van der Waals surface area contributed by atoms with Crippen LogP contribution in [0.3, 0.4) is 0 Å². The van der Waals surface area contributed by atoms with E-state index in [2.05, 4.69) is 0 Å². The predicted octanol–water partition coefficient (Wildman–Crippen LogP) is 0.134. The summed E-state index contributed by atoms with van der Waals surface area (Å²) in [6.45, 7) is 0.299. The van der Waals surface area contributed by atoms with Crippen LogP contribution in [0.4, 0.5) is 22.0 Å². The summed E-state index contributed by atoms with van der Waals surface area (Å²) >= 11 is 0. The average molecular weight is 265 g/mol. The van der Waals surface area contributed by atoms with E-state index in [0.29, 0.717) is 6.92 Å². The third-order valence-electron chi connectivity index (χ3n) is 1.81. The van der Waals surface area contributed by atoms with Crippen molar-refractivity contribution in [1.29, 1.82) is 0 Å². The van der Waals surface area contributed by atoms with Gasteiger partial charge in [0.2, 0.25) is 0 Å². The molecule has 0 aromatic heterocycles. The van der Waals surface area contributed by atoms with E-state index in [1.165, 1.54) is 0 Å². The first-order valence-electron chi connectivity index (χ1n) is 4.01. The zero-order chi connectivity index (χ0) is 14.0. The summed E-state index contributed by atoms with van der Waals surface area (Å²) < 4.78 is 59.8. The molecule has 0 fully saturated rings. The van der Waals surface area contributed by atoms with Gasteiger partial charge in [0.05, 0.1) is 0 Å². The highest BCUT2D eigenvalue weighted by atomic mass is 19.4. The first-order valence-corrected chi connectivity index (χ1v) is 4.01. The second-order valence-electron chi connectivity index (χ2n) is 3.27. The number of carbonyl (C=O) groups is 2. The molecule has 0 saturated carbocycles. The highest BCUT2D eigenvalue weighted by Gasteiger charge is 2.50. The van der Waals surface area contributed by atoms with Gasteiger partial charge in [-0.2, -0.15) is 13.2 Å². The van der Waals surface area contributed by atoms with Crippen LogP contribution in [0.25, 0.3) is 0 Å². The largest absolute Gasteiger partial charge is 0.480 e. The number of nitrogens with one attached hydrogen (secondary N) is 1. The van der Waals surface area contributed by atoms with E-state index in [1.54, 1.807) is 0 Å². The first kappa shape index (κ1) is 15.6. The summed E-state index contributed by atoms with van der Waals surface area (Å²) in [7, 11) is 0. The van der Waals surface area contributed by atoms with Crippen molar-refractivity contribution in [2.24, 2.45) is 0 Å².